The zero-order chi connectivity index (χ0) is 23.3. The minimum atomic E-state index is -3.72. The van der Waals surface area contributed by atoms with Crippen LogP contribution in [0.25, 0.3) is 0 Å². The summed E-state index contributed by atoms with van der Waals surface area (Å²) in [4.78, 5) is 17.4. The van der Waals surface area contributed by atoms with Crippen LogP contribution >= 0.6 is 11.6 Å². The molecule has 178 valence electrons. The van der Waals surface area contributed by atoms with Gasteiger partial charge in [0.15, 0.2) is 0 Å². The molecule has 2 heterocycles. The molecule has 33 heavy (non-hydrogen) atoms. The van der Waals surface area contributed by atoms with E-state index in [1.54, 1.807) is 0 Å². The van der Waals surface area contributed by atoms with Gasteiger partial charge in [-0.3, -0.25) is 4.79 Å². The normalized spacial score (nSPS) is 16.9. The van der Waals surface area contributed by atoms with Crippen molar-refractivity contribution in [1.82, 2.24) is 14.9 Å². The van der Waals surface area contributed by atoms with Gasteiger partial charge in [0.1, 0.15) is 0 Å². The van der Waals surface area contributed by atoms with Gasteiger partial charge in [0.25, 0.3) is 5.91 Å². The quantitative estimate of drug-likeness (QED) is 0.564. The van der Waals surface area contributed by atoms with E-state index in [0.717, 1.165) is 44.6 Å². The van der Waals surface area contributed by atoms with Crippen LogP contribution in [0.15, 0.2) is 47.4 Å². The lowest BCUT2D eigenvalue weighted by molar-refractivity contribution is 0.0951. The molecule has 0 atom stereocenters. The molecule has 2 fully saturated rings. The Hall–Kier alpha value is -2.13. The predicted molar refractivity (Wildman–Crippen MR) is 131 cm³/mol. The number of halogens is 1. The van der Waals surface area contributed by atoms with Gasteiger partial charge in [-0.25, -0.2) is 13.1 Å². The van der Waals surface area contributed by atoms with Gasteiger partial charge in [-0.1, -0.05) is 23.7 Å². The van der Waals surface area contributed by atoms with Crippen molar-refractivity contribution in [2.75, 3.05) is 44.2 Å². The molecule has 2 aromatic rings. The Kier molecular flexibility index (Phi) is 7.90. The van der Waals surface area contributed by atoms with Crippen molar-refractivity contribution in [3.63, 3.8) is 0 Å². The molecular formula is C24H31ClN4O3S. The predicted octanol–water partition coefficient (Wildman–Crippen LogP) is 3.24. The fraction of sp³-hybridized carbons (Fsp3) is 0.458. The number of anilines is 1. The minimum absolute atomic E-state index is 0.0356. The van der Waals surface area contributed by atoms with E-state index < -0.39 is 15.9 Å². The van der Waals surface area contributed by atoms with Crippen molar-refractivity contribution in [2.45, 2.75) is 37.1 Å². The lowest BCUT2D eigenvalue weighted by Gasteiger charge is -2.17. The number of benzene rings is 2. The molecule has 0 spiro atoms. The second-order valence-electron chi connectivity index (χ2n) is 8.63. The maximum Gasteiger partial charge on any atom is 0.253 e. The van der Waals surface area contributed by atoms with Gasteiger partial charge in [-0.2, -0.15) is 0 Å². The molecule has 0 aromatic heterocycles. The van der Waals surface area contributed by atoms with Crippen LogP contribution in [-0.4, -0.2) is 58.5 Å². The van der Waals surface area contributed by atoms with Crippen LogP contribution in [-0.2, 0) is 16.6 Å². The third-order valence-electron chi connectivity index (χ3n) is 6.27. The maximum absolute atomic E-state index is 12.8. The Morgan fingerprint density at radius 2 is 1.61 bits per heavy atom. The van der Waals surface area contributed by atoms with Gasteiger partial charge in [-0.15, -0.1) is 0 Å². The van der Waals surface area contributed by atoms with Gasteiger partial charge >= 0.3 is 0 Å². The summed E-state index contributed by atoms with van der Waals surface area (Å²) in [6.07, 6.45) is 4.76. The fourth-order valence-electron chi connectivity index (χ4n) is 4.35. The lowest BCUT2D eigenvalue weighted by Crippen LogP contribution is -2.33. The van der Waals surface area contributed by atoms with Crippen molar-refractivity contribution in [1.29, 1.82) is 0 Å². The Bertz CT molecular complexity index is 1060. The number of hydrogen-bond donors (Lipinski definition) is 2. The van der Waals surface area contributed by atoms with E-state index >= 15 is 0 Å². The van der Waals surface area contributed by atoms with E-state index in [2.05, 4.69) is 32.0 Å². The number of rotatable bonds is 9. The summed E-state index contributed by atoms with van der Waals surface area (Å²) in [5.41, 5.74) is 2.31. The zero-order valence-corrected chi connectivity index (χ0v) is 20.3. The Labute approximate surface area is 201 Å². The molecule has 2 aliphatic heterocycles. The highest BCUT2D eigenvalue weighted by molar-refractivity contribution is 7.89. The highest BCUT2D eigenvalue weighted by Crippen LogP contribution is 2.22. The first kappa shape index (κ1) is 24.0. The minimum Gasteiger partial charge on any atom is -0.372 e. The zero-order valence-electron chi connectivity index (χ0n) is 18.7. The molecule has 0 radical (unpaired) electrons. The number of amides is 1. The summed E-state index contributed by atoms with van der Waals surface area (Å²) in [5, 5.41) is 3.06. The van der Waals surface area contributed by atoms with E-state index in [0.29, 0.717) is 19.6 Å². The summed E-state index contributed by atoms with van der Waals surface area (Å²) < 4.78 is 28.0. The van der Waals surface area contributed by atoms with Gasteiger partial charge in [0, 0.05) is 38.4 Å². The van der Waals surface area contributed by atoms with Crippen molar-refractivity contribution >= 4 is 33.2 Å². The van der Waals surface area contributed by atoms with Crippen LogP contribution in [0, 0.1) is 0 Å². The van der Waals surface area contributed by atoms with E-state index in [1.165, 1.54) is 36.7 Å². The number of carbonyl (C=O) groups excluding carboxylic acids is 1. The van der Waals surface area contributed by atoms with Gasteiger partial charge in [0.05, 0.1) is 15.5 Å². The van der Waals surface area contributed by atoms with E-state index in [-0.39, 0.29) is 15.5 Å². The standard InChI is InChI=1S/C24H31ClN4O3S/c25-23-10-9-21(33(31,32)27-11-16-28-12-1-2-13-28)17-22(23)24(30)26-18-19-5-7-20(8-6-19)29-14-3-4-15-29/h5-10,17,27H,1-4,11-16,18H2,(H,26,30). The van der Waals surface area contributed by atoms with Crippen LogP contribution in [0.1, 0.15) is 41.6 Å². The molecule has 0 unspecified atom stereocenters. The number of carbonyl (C=O) groups is 1. The average molecular weight is 491 g/mol. The summed E-state index contributed by atoms with van der Waals surface area (Å²) in [7, 11) is -3.72. The first-order valence-electron chi connectivity index (χ1n) is 11.6. The third kappa shape index (κ3) is 6.26. The number of sulfonamides is 1. The van der Waals surface area contributed by atoms with E-state index in [9.17, 15) is 13.2 Å². The topological polar surface area (TPSA) is 81.8 Å². The van der Waals surface area contributed by atoms with Gasteiger partial charge in [0.2, 0.25) is 10.0 Å². The molecule has 7 nitrogen and oxygen atoms in total. The van der Waals surface area contributed by atoms with Crippen molar-refractivity contribution in [3.8, 4) is 0 Å². The summed E-state index contributed by atoms with van der Waals surface area (Å²) in [6.45, 7) is 5.53. The molecule has 4 rings (SSSR count). The van der Waals surface area contributed by atoms with Crippen molar-refractivity contribution in [3.05, 3.63) is 58.6 Å². The SMILES string of the molecule is O=C(NCc1ccc(N2CCCC2)cc1)c1cc(S(=O)(=O)NCCN2CCCC2)ccc1Cl. The highest BCUT2D eigenvalue weighted by atomic mass is 35.5. The Morgan fingerprint density at radius 1 is 0.939 bits per heavy atom. The van der Waals surface area contributed by atoms with E-state index in [4.69, 9.17) is 11.6 Å². The summed E-state index contributed by atoms with van der Waals surface area (Å²) >= 11 is 6.22. The molecule has 9 heteroatoms. The molecule has 1 amide bonds. The second kappa shape index (κ2) is 10.9. The van der Waals surface area contributed by atoms with Crippen LogP contribution in [0.3, 0.4) is 0 Å². The Balaban J connectivity index is 1.35. The maximum atomic E-state index is 12.8. The smallest absolute Gasteiger partial charge is 0.253 e. The molecule has 0 bridgehead atoms. The molecule has 0 aliphatic carbocycles. The number of nitrogens with one attached hydrogen (secondary N) is 2. The highest BCUT2D eigenvalue weighted by Gasteiger charge is 2.20. The third-order valence-corrected chi connectivity index (χ3v) is 8.06. The fourth-order valence-corrected chi connectivity index (χ4v) is 5.60. The summed E-state index contributed by atoms with van der Waals surface area (Å²) in [5.74, 6) is -0.405. The largest absolute Gasteiger partial charge is 0.372 e. The van der Waals surface area contributed by atoms with Crippen molar-refractivity contribution < 1.29 is 13.2 Å². The van der Waals surface area contributed by atoms with Crippen LogP contribution in [0.5, 0.6) is 0 Å². The average Bonchev–Trinajstić information content (AvgIpc) is 3.52. The van der Waals surface area contributed by atoms with Crippen LogP contribution < -0.4 is 14.9 Å². The van der Waals surface area contributed by atoms with Crippen molar-refractivity contribution in [2.24, 2.45) is 0 Å². The summed E-state index contributed by atoms with van der Waals surface area (Å²) in [6, 6.07) is 12.4. The number of nitrogens with zero attached hydrogens (tertiary/aromatic N) is 2. The number of likely N-dealkylation sites (tertiary alicyclic amines) is 1. The monoisotopic (exact) mass is 490 g/mol. The molecule has 0 saturated carbocycles. The van der Waals surface area contributed by atoms with Crippen LogP contribution in [0.4, 0.5) is 5.69 Å². The van der Waals surface area contributed by atoms with E-state index in [1.807, 2.05) is 12.1 Å². The Morgan fingerprint density at radius 3 is 2.30 bits per heavy atom. The second-order valence-corrected chi connectivity index (χ2v) is 10.8. The molecule has 2 saturated heterocycles. The molecular weight excluding hydrogens is 460 g/mol. The number of hydrogen-bond acceptors (Lipinski definition) is 5. The van der Waals surface area contributed by atoms with Crippen LogP contribution in [0.2, 0.25) is 5.02 Å². The van der Waals surface area contributed by atoms with Gasteiger partial charge in [-0.05, 0) is 74.7 Å². The first-order valence-corrected chi connectivity index (χ1v) is 13.4. The molecule has 2 N–H and O–H groups in total. The lowest BCUT2D eigenvalue weighted by atomic mass is 10.1. The molecule has 2 aromatic carbocycles. The molecule has 2 aliphatic rings. The van der Waals surface area contributed by atoms with Gasteiger partial charge < -0.3 is 15.1 Å². The first-order chi connectivity index (χ1) is 15.9.